The fourth-order valence-corrected chi connectivity index (χ4v) is 9.52. The van der Waals surface area contributed by atoms with Crippen LogP contribution in [0.5, 0.6) is 0 Å². The first-order valence-corrected chi connectivity index (χ1v) is 13.5. The van der Waals surface area contributed by atoms with E-state index in [1.54, 1.807) is 0 Å². The summed E-state index contributed by atoms with van der Waals surface area (Å²) in [7, 11) is 0. The van der Waals surface area contributed by atoms with Gasteiger partial charge in [0.2, 0.25) is 0 Å². The van der Waals surface area contributed by atoms with Gasteiger partial charge >= 0.3 is 5.97 Å². The lowest BCUT2D eigenvalue weighted by Gasteiger charge is -2.64. The standard InChI is InChI=1S/C28H46O4/c1-6-19-23-16-18(29)12-14-28(23,5)22-13-15-27(4)20(9-10-21(27)25(22)26(19)31)17(3)8-11-24(30)32-7-2/h17,19-23,25-26,31H,6-16H2,1-5H3/t17-,19+,20?,21?,22?,23-,25?,26?,27-,28-/m1/s1. The molecule has 4 saturated carbocycles. The summed E-state index contributed by atoms with van der Waals surface area (Å²) in [5.74, 6) is 3.56. The predicted molar refractivity (Wildman–Crippen MR) is 126 cm³/mol. The van der Waals surface area contributed by atoms with Gasteiger partial charge in [0.15, 0.2) is 0 Å². The van der Waals surface area contributed by atoms with Gasteiger partial charge in [-0.15, -0.1) is 0 Å². The molecule has 0 radical (unpaired) electrons. The minimum absolute atomic E-state index is 0.0675. The number of carbonyl (C=O) groups excluding carboxylic acids is 2. The van der Waals surface area contributed by atoms with Crippen LogP contribution in [-0.4, -0.2) is 29.6 Å². The molecule has 0 aromatic carbocycles. The van der Waals surface area contributed by atoms with Gasteiger partial charge in [-0.1, -0.05) is 34.1 Å². The molecule has 0 aromatic rings. The van der Waals surface area contributed by atoms with Crippen molar-refractivity contribution >= 4 is 11.8 Å². The van der Waals surface area contributed by atoms with Crippen LogP contribution in [-0.2, 0) is 14.3 Å². The van der Waals surface area contributed by atoms with E-state index in [4.69, 9.17) is 4.74 Å². The number of aliphatic hydroxyl groups excluding tert-OH is 1. The van der Waals surface area contributed by atoms with Gasteiger partial charge in [0, 0.05) is 19.3 Å². The Morgan fingerprint density at radius 3 is 2.50 bits per heavy atom. The summed E-state index contributed by atoms with van der Waals surface area (Å²) in [5, 5.41) is 11.8. The first-order chi connectivity index (χ1) is 15.2. The van der Waals surface area contributed by atoms with E-state index in [0.29, 0.717) is 60.7 Å². The van der Waals surface area contributed by atoms with Gasteiger partial charge in [0.05, 0.1) is 12.7 Å². The van der Waals surface area contributed by atoms with Crippen LogP contribution >= 0.6 is 0 Å². The average molecular weight is 447 g/mol. The first kappa shape index (κ1) is 24.2. The molecule has 4 aliphatic carbocycles. The Kier molecular flexibility index (Phi) is 6.85. The highest BCUT2D eigenvalue weighted by Crippen LogP contribution is 2.69. The van der Waals surface area contributed by atoms with Gasteiger partial charge in [-0.25, -0.2) is 0 Å². The second kappa shape index (κ2) is 9.04. The number of esters is 1. The fraction of sp³-hybridized carbons (Fsp3) is 0.929. The highest BCUT2D eigenvalue weighted by Gasteiger charge is 2.64. The molecule has 0 aliphatic heterocycles. The largest absolute Gasteiger partial charge is 0.466 e. The zero-order valence-electron chi connectivity index (χ0n) is 21.1. The molecule has 0 bridgehead atoms. The monoisotopic (exact) mass is 446 g/mol. The first-order valence-electron chi connectivity index (χ1n) is 13.5. The van der Waals surface area contributed by atoms with Crippen LogP contribution in [0, 0.1) is 52.3 Å². The third-order valence-electron chi connectivity index (χ3n) is 11.1. The number of carbonyl (C=O) groups is 2. The molecule has 0 aromatic heterocycles. The molecule has 4 rings (SSSR count). The molecule has 0 amide bonds. The van der Waals surface area contributed by atoms with E-state index in [1.165, 1.54) is 25.7 Å². The van der Waals surface area contributed by atoms with Crippen molar-refractivity contribution in [2.24, 2.45) is 52.3 Å². The molecule has 4 fully saturated rings. The van der Waals surface area contributed by atoms with Crippen molar-refractivity contribution in [3.05, 3.63) is 0 Å². The molecule has 0 heterocycles. The Morgan fingerprint density at radius 1 is 1.09 bits per heavy atom. The van der Waals surface area contributed by atoms with Crippen LogP contribution in [0.4, 0.5) is 0 Å². The third kappa shape index (κ3) is 3.77. The van der Waals surface area contributed by atoms with Gasteiger partial charge in [-0.3, -0.25) is 9.59 Å². The van der Waals surface area contributed by atoms with Gasteiger partial charge < -0.3 is 9.84 Å². The van der Waals surface area contributed by atoms with Gasteiger partial charge in [0.25, 0.3) is 0 Å². The Morgan fingerprint density at radius 2 is 1.81 bits per heavy atom. The summed E-state index contributed by atoms with van der Waals surface area (Å²) in [5.41, 5.74) is 0.454. The van der Waals surface area contributed by atoms with Crippen molar-refractivity contribution in [3.63, 3.8) is 0 Å². The summed E-state index contributed by atoms with van der Waals surface area (Å²) in [6.45, 7) is 11.8. The maximum Gasteiger partial charge on any atom is 0.305 e. The molecular formula is C28H46O4. The predicted octanol–water partition coefficient (Wildman–Crippen LogP) is 5.80. The van der Waals surface area contributed by atoms with Gasteiger partial charge in [0.1, 0.15) is 5.78 Å². The van der Waals surface area contributed by atoms with Gasteiger partial charge in [-0.2, -0.15) is 0 Å². The summed E-state index contributed by atoms with van der Waals surface area (Å²) in [6, 6.07) is 0. The molecule has 10 atom stereocenters. The van der Waals surface area contributed by atoms with E-state index in [0.717, 1.165) is 25.7 Å². The number of ketones is 1. The molecule has 5 unspecified atom stereocenters. The van der Waals surface area contributed by atoms with Crippen LogP contribution in [0.1, 0.15) is 98.8 Å². The lowest BCUT2D eigenvalue weighted by Crippen LogP contribution is -2.61. The van der Waals surface area contributed by atoms with E-state index < -0.39 is 0 Å². The molecule has 4 aliphatic rings. The van der Waals surface area contributed by atoms with Crippen LogP contribution in [0.25, 0.3) is 0 Å². The smallest absolute Gasteiger partial charge is 0.305 e. The van der Waals surface area contributed by atoms with Crippen LogP contribution in [0.15, 0.2) is 0 Å². The zero-order chi connectivity index (χ0) is 23.3. The number of rotatable bonds is 6. The van der Waals surface area contributed by atoms with Gasteiger partial charge in [-0.05, 0) is 97.7 Å². The van der Waals surface area contributed by atoms with E-state index in [9.17, 15) is 14.7 Å². The quantitative estimate of drug-likeness (QED) is 0.524. The van der Waals surface area contributed by atoms with Crippen molar-refractivity contribution < 1.29 is 19.4 Å². The van der Waals surface area contributed by atoms with E-state index in [2.05, 4.69) is 27.7 Å². The Labute approximate surface area is 195 Å². The number of hydrogen-bond donors (Lipinski definition) is 1. The lowest BCUT2D eigenvalue weighted by molar-refractivity contribution is -0.194. The minimum Gasteiger partial charge on any atom is -0.466 e. The van der Waals surface area contributed by atoms with E-state index in [-0.39, 0.29) is 28.8 Å². The van der Waals surface area contributed by atoms with Crippen molar-refractivity contribution in [2.45, 2.75) is 105 Å². The number of Topliss-reactive ketones (excluding diaryl/α,β-unsaturated/α-hetero) is 1. The molecule has 0 saturated heterocycles. The minimum atomic E-state index is -0.271. The summed E-state index contributed by atoms with van der Waals surface area (Å²) < 4.78 is 5.17. The average Bonchev–Trinajstić information content (AvgIpc) is 3.11. The number of aliphatic hydroxyl groups is 1. The molecule has 32 heavy (non-hydrogen) atoms. The van der Waals surface area contributed by atoms with Crippen molar-refractivity contribution in [1.82, 2.24) is 0 Å². The van der Waals surface area contributed by atoms with Crippen molar-refractivity contribution in [2.75, 3.05) is 6.61 Å². The maximum atomic E-state index is 12.4. The van der Waals surface area contributed by atoms with Crippen molar-refractivity contribution in [3.8, 4) is 0 Å². The van der Waals surface area contributed by atoms with Crippen molar-refractivity contribution in [1.29, 1.82) is 0 Å². The summed E-state index contributed by atoms with van der Waals surface area (Å²) in [6.07, 6.45) is 9.41. The lowest BCUT2D eigenvalue weighted by atomic mass is 9.41. The Bertz CT molecular complexity index is 718. The molecular weight excluding hydrogens is 400 g/mol. The SMILES string of the molecule is CCOC(=O)CC[C@@H](C)C1CCC2C3C(O)[C@@H](CC)[C@H]4CC(=O)CC[C@]4(C)C3CC[C@@]21C. The molecule has 182 valence electrons. The zero-order valence-corrected chi connectivity index (χ0v) is 21.1. The highest BCUT2D eigenvalue weighted by molar-refractivity contribution is 5.79. The van der Waals surface area contributed by atoms with Crippen LogP contribution in [0.2, 0.25) is 0 Å². The van der Waals surface area contributed by atoms with Crippen LogP contribution in [0.3, 0.4) is 0 Å². The Balaban J connectivity index is 1.56. The molecule has 1 N–H and O–H groups in total. The molecule has 4 nitrogen and oxygen atoms in total. The molecule has 0 spiro atoms. The summed E-state index contributed by atoms with van der Waals surface area (Å²) in [4.78, 5) is 24.3. The van der Waals surface area contributed by atoms with E-state index >= 15 is 0 Å². The normalized spacial score (nSPS) is 46.7. The summed E-state index contributed by atoms with van der Waals surface area (Å²) >= 11 is 0. The highest BCUT2D eigenvalue weighted by atomic mass is 16.5. The number of hydrogen-bond acceptors (Lipinski definition) is 4. The number of ether oxygens (including phenoxy) is 1. The van der Waals surface area contributed by atoms with E-state index in [1.807, 2.05) is 6.92 Å². The topological polar surface area (TPSA) is 63.6 Å². The molecule has 4 heteroatoms. The Hall–Kier alpha value is -0.900. The second-order valence-electron chi connectivity index (χ2n) is 12.3. The van der Waals surface area contributed by atoms with Crippen LogP contribution < -0.4 is 0 Å². The number of fused-ring (bicyclic) bond motifs is 5. The maximum absolute atomic E-state index is 12.4. The third-order valence-corrected chi connectivity index (χ3v) is 11.1. The second-order valence-corrected chi connectivity index (χ2v) is 12.3. The fourth-order valence-electron chi connectivity index (χ4n) is 9.52.